The lowest BCUT2D eigenvalue weighted by atomic mass is 10.3. The van der Waals surface area contributed by atoms with E-state index in [4.69, 9.17) is 16.3 Å². The maximum absolute atomic E-state index is 13.0. The van der Waals surface area contributed by atoms with E-state index in [1.807, 2.05) is 42.1 Å². The van der Waals surface area contributed by atoms with Gasteiger partial charge in [-0.1, -0.05) is 11.6 Å². The van der Waals surface area contributed by atoms with Crippen molar-refractivity contribution in [3.8, 4) is 11.6 Å². The van der Waals surface area contributed by atoms with Gasteiger partial charge >= 0.3 is 0 Å². The van der Waals surface area contributed by atoms with Crippen LogP contribution >= 0.6 is 11.6 Å². The molecule has 0 spiro atoms. The summed E-state index contributed by atoms with van der Waals surface area (Å²) < 4.78 is 34.6. The molecule has 8 nitrogen and oxygen atoms in total. The monoisotopic (exact) mass is 447 g/mol. The first kappa shape index (κ1) is 20.6. The molecule has 1 fully saturated rings. The van der Waals surface area contributed by atoms with E-state index in [1.165, 1.54) is 23.5 Å². The Balaban J connectivity index is 1.51. The molecule has 3 heterocycles. The van der Waals surface area contributed by atoms with E-state index >= 15 is 0 Å². The molecular weight excluding hydrogens is 426 g/mol. The van der Waals surface area contributed by atoms with Gasteiger partial charge in [-0.05, 0) is 37.3 Å². The second kappa shape index (κ2) is 8.25. The zero-order valence-corrected chi connectivity index (χ0v) is 18.3. The molecule has 0 atom stereocenters. The average molecular weight is 448 g/mol. The number of sulfonamides is 1. The van der Waals surface area contributed by atoms with Crippen LogP contribution in [0.25, 0.3) is 5.82 Å². The van der Waals surface area contributed by atoms with E-state index in [2.05, 4.69) is 14.9 Å². The molecule has 4 rings (SSSR count). The Bertz CT molecular complexity index is 1140. The summed E-state index contributed by atoms with van der Waals surface area (Å²) in [5.41, 5.74) is 0. The molecule has 1 aromatic carbocycles. The van der Waals surface area contributed by atoms with Crippen molar-refractivity contribution < 1.29 is 13.2 Å². The molecule has 1 aliphatic rings. The number of methoxy groups -OCH3 is 1. The van der Waals surface area contributed by atoms with Crippen molar-refractivity contribution in [2.24, 2.45) is 0 Å². The van der Waals surface area contributed by atoms with Crippen LogP contribution in [0.2, 0.25) is 5.02 Å². The highest BCUT2D eigenvalue weighted by atomic mass is 35.5. The van der Waals surface area contributed by atoms with Gasteiger partial charge in [0.2, 0.25) is 10.0 Å². The Kier molecular flexibility index (Phi) is 5.68. The Morgan fingerprint density at radius 2 is 1.67 bits per heavy atom. The molecule has 0 N–H and O–H groups in total. The highest BCUT2D eigenvalue weighted by Gasteiger charge is 2.29. The molecule has 0 unspecified atom stereocenters. The Morgan fingerprint density at radius 3 is 2.30 bits per heavy atom. The van der Waals surface area contributed by atoms with Crippen molar-refractivity contribution in [3.05, 3.63) is 59.6 Å². The number of hydrogen-bond acceptors (Lipinski definition) is 6. The number of rotatable bonds is 5. The van der Waals surface area contributed by atoms with Crippen LogP contribution in [0.15, 0.2) is 53.7 Å². The summed E-state index contributed by atoms with van der Waals surface area (Å²) in [6.45, 7) is 3.63. The van der Waals surface area contributed by atoms with Crippen LogP contribution in [0.1, 0.15) is 5.82 Å². The Hall–Kier alpha value is -2.62. The maximum Gasteiger partial charge on any atom is 0.243 e. The van der Waals surface area contributed by atoms with E-state index in [-0.39, 0.29) is 9.92 Å². The van der Waals surface area contributed by atoms with Gasteiger partial charge < -0.3 is 14.2 Å². The zero-order valence-electron chi connectivity index (χ0n) is 16.7. The van der Waals surface area contributed by atoms with Crippen molar-refractivity contribution in [3.63, 3.8) is 0 Å². The molecule has 0 saturated carbocycles. The smallest absolute Gasteiger partial charge is 0.243 e. The summed E-state index contributed by atoms with van der Waals surface area (Å²) >= 11 is 6.12. The molecule has 30 heavy (non-hydrogen) atoms. The van der Waals surface area contributed by atoms with Crippen molar-refractivity contribution >= 4 is 27.4 Å². The van der Waals surface area contributed by atoms with Gasteiger partial charge in [0.05, 0.1) is 17.0 Å². The topological polar surface area (TPSA) is 80.6 Å². The van der Waals surface area contributed by atoms with Gasteiger partial charge in [0.1, 0.15) is 23.2 Å². The average Bonchev–Trinajstić information content (AvgIpc) is 3.28. The van der Waals surface area contributed by atoms with Gasteiger partial charge in [-0.3, -0.25) is 0 Å². The number of aromatic nitrogens is 3. The minimum atomic E-state index is -3.64. The fourth-order valence-corrected chi connectivity index (χ4v) is 5.20. The standard InChI is InChI=1S/C20H22ClN5O3S/c1-15-22-19(24-7-3-4-8-24)14-20(23-15)25-9-11-26(12-10-25)30(27,28)16-5-6-18(29-2)17(21)13-16/h3-8,13-14H,9-12H2,1-2H3. The van der Waals surface area contributed by atoms with Gasteiger partial charge in [0.15, 0.2) is 0 Å². The lowest BCUT2D eigenvalue weighted by Crippen LogP contribution is -2.49. The van der Waals surface area contributed by atoms with Gasteiger partial charge in [-0.25, -0.2) is 18.4 Å². The number of ether oxygens (including phenoxy) is 1. The first-order valence-corrected chi connectivity index (χ1v) is 11.3. The van der Waals surface area contributed by atoms with Crippen LogP contribution in [0.4, 0.5) is 5.82 Å². The fraction of sp³-hybridized carbons (Fsp3) is 0.300. The van der Waals surface area contributed by atoms with Crippen LogP contribution in [0, 0.1) is 6.92 Å². The lowest BCUT2D eigenvalue weighted by molar-refractivity contribution is 0.383. The number of nitrogens with zero attached hydrogens (tertiary/aromatic N) is 5. The summed E-state index contributed by atoms with van der Waals surface area (Å²) in [7, 11) is -2.15. The van der Waals surface area contributed by atoms with Gasteiger partial charge in [0.25, 0.3) is 0 Å². The van der Waals surface area contributed by atoms with Crippen molar-refractivity contribution in [1.29, 1.82) is 0 Å². The minimum absolute atomic E-state index is 0.162. The third-order valence-corrected chi connectivity index (χ3v) is 7.19. The van der Waals surface area contributed by atoms with E-state index in [0.717, 1.165) is 11.6 Å². The van der Waals surface area contributed by atoms with Crippen molar-refractivity contribution in [2.45, 2.75) is 11.8 Å². The van der Waals surface area contributed by atoms with Gasteiger partial charge in [-0.2, -0.15) is 4.31 Å². The third-order valence-electron chi connectivity index (χ3n) is 5.00. The van der Waals surface area contributed by atoms with E-state index in [9.17, 15) is 8.42 Å². The van der Waals surface area contributed by atoms with Crippen LogP contribution in [0.5, 0.6) is 5.75 Å². The largest absolute Gasteiger partial charge is 0.495 e. The number of hydrogen-bond donors (Lipinski definition) is 0. The SMILES string of the molecule is COc1ccc(S(=O)(=O)N2CCN(c3cc(-n4cccc4)nc(C)n3)CC2)cc1Cl. The summed E-state index contributed by atoms with van der Waals surface area (Å²) in [5, 5.41) is 0.270. The molecule has 158 valence electrons. The lowest BCUT2D eigenvalue weighted by Gasteiger charge is -2.34. The predicted octanol–water partition coefficient (Wildman–Crippen LogP) is 2.75. The summed E-state index contributed by atoms with van der Waals surface area (Å²) in [4.78, 5) is 11.3. The van der Waals surface area contributed by atoms with Crippen molar-refractivity contribution in [1.82, 2.24) is 18.8 Å². The Labute approximate surface area is 180 Å². The first-order chi connectivity index (χ1) is 14.4. The number of piperazine rings is 1. The Morgan fingerprint density at radius 1 is 1.00 bits per heavy atom. The molecule has 0 radical (unpaired) electrons. The molecule has 2 aromatic heterocycles. The molecule has 0 amide bonds. The summed E-state index contributed by atoms with van der Waals surface area (Å²) in [6.07, 6.45) is 3.85. The first-order valence-electron chi connectivity index (χ1n) is 9.46. The van der Waals surface area contributed by atoms with E-state index in [0.29, 0.717) is 37.8 Å². The van der Waals surface area contributed by atoms with Crippen LogP contribution in [-0.4, -0.2) is 60.5 Å². The fourth-order valence-electron chi connectivity index (χ4n) is 3.43. The number of halogens is 1. The predicted molar refractivity (Wildman–Crippen MR) is 115 cm³/mol. The molecule has 0 bridgehead atoms. The molecule has 10 heteroatoms. The molecule has 0 aliphatic carbocycles. The van der Waals surface area contributed by atoms with Gasteiger partial charge in [-0.15, -0.1) is 0 Å². The highest BCUT2D eigenvalue weighted by Crippen LogP contribution is 2.29. The molecule has 1 saturated heterocycles. The van der Waals surface area contributed by atoms with Crippen LogP contribution in [0.3, 0.4) is 0 Å². The van der Waals surface area contributed by atoms with E-state index < -0.39 is 10.0 Å². The van der Waals surface area contributed by atoms with Crippen LogP contribution < -0.4 is 9.64 Å². The summed E-state index contributed by atoms with van der Waals surface area (Å²) in [6, 6.07) is 10.3. The second-order valence-electron chi connectivity index (χ2n) is 6.91. The number of aryl methyl sites for hydroxylation is 1. The maximum atomic E-state index is 13.0. The quantitative estimate of drug-likeness (QED) is 0.598. The zero-order chi connectivity index (χ0) is 21.3. The second-order valence-corrected chi connectivity index (χ2v) is 9.25. The highest BCUT2D eigenvalue weighted by molar-refractivity contribution is 7.89. The molecular formula is C20H22ClN5O3S. The summed E-state index contributed by atoms with van der Waals surface area (Å²) in [5.74, 6) is 2.68. The van der Waals surface area contributed by atoms with Gasteiger partial charge in [0, 0.05) is 44.6 Å². The minimum Gasteiger partial charge on any atom is -0.495 e. The normalized spacial score (nSPS) is 15.4. The molecule has 3 aromatic rings. The van der Waals surface area contributed by atoms with E-state index in [1.54, 1.807) is 6.07 Å². The number of anilines is 1. The number of benzene rings is 1. The molecule has 1 aliphatic heterocycles. The third kappa shape index (κ3) is 4.00. The van der Waals surface area contributed by atoms with Crippen molar-refractivity contribution in [2.75, 3.05) is 38.2 Å². The van der Waals surface area contributed by atoms with Crippen LogP contribution in [-0.2, 0) is 10.0 Å².